The van der Waals surface area contributed by atoms with Gasteiger partial charge >= 0.3 is 0 Å². The van der Waals surface area contributed by atoms with Crippen molar-refractivity contribution in [3.8, 4) is 0 Å². The van der Waals surface area contributed by atoms with Crippen LogP contribution in [0.25, 0.3) is 0 Å². The Morgan fingerprint density at radius 1 is 0.517 bits per heavy atom. The second-order valence-electron chi connectivity index (χ2n) is 8.17. The molecule has 0 nitrogen and oxygen atoms in total. The Hall–Kier alpha value is 0.440. The van der Waals surface area contributed by atoms with E-state index >= 15 is 0 Å². The highest BCUT2D eigenvalue weighted by Crippen LogP contribution is 2.13. The number of hydrogen-bond acceptors (Lipinski definition) is 0. The average molecular weight is 537 g/mol. The second kappa shape index (κ2) is 30.6. The minimum Gasteiger partial charge on any atom is -0.0883 e. The molecule has 0 fully saturated rings. The molecule has 0 rings (SSSR count). The number of alkyl halides is 2. The molecule has 0 aliphatic carbocycles. The fourth-order valence-electron chi connectivity index (χ4n) is 3.54. The molecule has 29 heavy (non-hydrogen) atoms. The summed E-state index contributed by atoms with van der Waals surface area (Å²) in [5, 5.41) is 2.02. The van der Waals surface area contributed by atoms with Crippen LogP contribution < -0.4 is 0 Å². The Balaban J connectivity index is 0. The largest absolute Gasteiger partial charge is 0.0883 e. The van der Waals surface area contributed by atoms with Crippen molar-refractivity contribution in [2.75, 3.05) is 10.7 Å². The van der Waals surface area contributed by atoms with Crippen LogP contribution in [0.5, 0.6) is 0 Å². The molecule has 0 aromatic heterocycles. The van der Waals surface area contributed by atoms with Crippen LogP contribution in [-0.4, -0.2) is 10.7 Å². The fourth-order valence-corrected chi connectivity index (χ4v) is 4.26. The van der Waals surface area contributed by atoms with Gasteiger partial charge in [0, 0.05) is 10.7 Å². The highest BCUT2D eigenvalue weighted by Gasteiger charge is 1.93. The van der Waals surface area contributed by atoms with Gasteiger partial charge in [-0.15, -0.1) is 0 Å². The van der Waals surface area contributed by atoms with Crippen LogP contribution in [-0.2, 0) is 0 Å². The molecule has 0 saturated heterocycles. The SMILES string of the molecule is CCCC(=CCBr)CCC.CCCCCCCCCCCCCCC/C=C/CBr. The molecule has 2 heteroatoms. The minimum atomic E-state index is 1.01. The first-order chi connectivity index (χ1) is 14.3. The van der Waals surface area contributed by atoms with Crippen LogP contribution in [0, 0.1) is 0 Å². The van der Waals surface area contributed by atoms with E-state index in [9.17, 15) is 0 Å². The first-order valence-corrected chi connectivity index (χ1v) is 15.0. The van der Waals surface area contributed by atoms with E-state index in [-0.39, 0.29) is 0 Å². The maximum atomic E-state index is 3.41. The third-order valence-electron chi connectivity index (χ3n) is 5.24. The van der Waals surface area contributed by atoms with Crippen molar-refractivity contribution in [3.63, 3.8) is 0 Å². The van der Waals surface area contributed by atoms with Gasteiger partial charge in [0.2, 0.25) is 0 Å². The van der Waals surface area contributed by atoms with Gasteiger partial charge in [-0.1, -0.05) is 166 Å². The summed E-state index contributed by atoms with van der Waals surface area (Å²) in [6.07, 6.45) is 32.0. The Morgan fingerprint density at radius 3 is 1.34 bits per heavy atom. The van der Waals surface area contributed by atoms with Gasteiger partial charge in [0.25, 0.3) is 0 Å². The van der Waals surface area contributed by atoms with E-state index in [1.54, 1.807) is 5.57 Å². The molecule has 0 aliphatic rings. The van der Waals surface area contributed by atoms with E-state index in [1.165, 1.54) is 116 Å². The van der Waals surface area contributed by atoms with Crippen LogP contribution in [0.1, 0.15) is 136 Å². The highest BCUT2D eigenvalue weighted by atomic mass is 79.9. The summed E-state index contributed by atoms with van der Waals surface area (Å²) >= 11 is 6.82. The van der Waals surface area contributed by atoms with Crippen molar-refractivity contribution in [2.24, 2.45) is 0 Å². The maximum absolute atomic E-state index is 3.41. The van der Waals surface area contributed by atoms with E-state index in [0.717, 1.165) is 10.7 Å². The van der Waals surface area contributed by atoms with Gasteiger partial charge in [-0.25, -0.2) is 0 Å². The first-order valence-electron chi connectivity index (χ1n) is 12.7. The van der Waals surface area contributed by atoms with E-state index < -0.39 is 0 Å². The van der Waals surface area contributed by atoms with Crippen molar-refractivity contribution >= 4 is 31.9 Å². The molecule has 0 spiro atoms. The smallest absolute Gasteiger partial charge is 0.0214 e. The molecular weight excluding hydrogens is 484 g/mol. The number of unbranched alkanes of at least 4 members (excludes halogenated alkanes) is 13. The number of hydrogen-bond donors (Lipinski definition) is 0. The third kappa shape index (κ3) is 30.7. The van der Waals surface area contributed by atoms with Gasteiger partial charge in [-0.3, -0.25) is 0 Å². The number of halogens is 2. The Labute approximate surface area is 202 Å². The Morgan fingerprint density at radius 2 is 0.966 bits per heavy atom. The predicted molar refractivity (Wildman–Crippen MR) is 145 cm³/mol. The fraction of sp³-hybridized carbons (Fsp3) is 0.852. The summed E-state index contributed by atoms with van der Waals surface area (Å²) in [6, 6.07) is 0. The quantitative estimate of drug-likeness (QED) is 0.0825. The predicted octanol–water partition coefficient (Wildman–Crippen LogP) is 11.3. The van der Waals surface area contributed by atoms with E-state index in [4.69, 9.17) is 0 Å². The molecule has 0 bridgehead atoms. The van der Waals surface area contributed by atoms with E-state index in [0.29, 0.717) is 0 Å². The molecule has 0 aromatic rings. The zero-order chi connectivity index (χ0) is 21.8. The van der Waals surface area contributed by atoms with Crippen LogP contribution in [0.4, 0.5) is 0 Å². The molecule has 0 aliphatic heterocycles. The highest BCUT2D eigenvalue weighted by molar-refractivity contribution is 9.09. The lowest BCUT2D eigenvalue weighted by molar-refractivity contribution is 0.540. The number of rotatable bonds is 20. The third-order valence-corrected chi connectivity index (χ3v) is 5.94. The van der Waals surface area contributed by atoms with Crippen molar-refractivity contribution in [1.29, 1.82) is 0 Å². The molecule has 0 N–H and O–H groups in total. The zero-order valence-electron chi connectivity index (χ0n) is 20.1. The summed E-state index contributed by atoms with van der Waals surface area (Å²) in [5.41, 5.74) is 1.61. The molecule has 0 radical (unpaired) electrons. The zero-order valence-corrected chi connectivity index (χ0v) is 23.3. The van der Waals surface area contributed by atoms with Gasteiger partial charge < -0.3 is 0 Å². The molecule has 0 heterocycles. The van der Waals surface area contributed by atoms with Crippen LogP contribution in [0.15, 0.2) is 23.8 Å². The molecule has 0 saturated carbocycles. The van der Waals surface area contributed by atoms with Gasteiger partial charge in [0.15, 0.2) is 0 Å². The monoisotopic (exact) mass is 534 g/mol. The van der Waals surface area contributed by atoms with E-state index in [1.807, 2.05) is 0 Å². The second-order valence-corrected chi connectivity index (χ2v) is 9.47. The average Bonchev–Trinajstić information content (AvgIpc) is 2.72. The number of allylic oxidation sites excluding steroid dienone is 4. The summed E-state index contributed by atoms with van der Waals surface area (Å²) < 4.78 is 0. The molecule has 0 atom stereocenters. The lowest BCUT2D eigenvalue weighted by Crippen LogP contribution is -1.82. The molecule has 0 amide bonds. The maximum Gasteiger partial charge on any atom is 0.0214 e. The van der Waals surface area contributed by atoms with Crippen molar-refractivity contribution in [1.82, 2.24) is 0 Å². The van der Waals surface area contributed by atoms with Crippen LogP contribution in [0.2, 0.25) is 0 Å². The van der Waals surface area contributed by atoms with Gasteiger partial charge in [0.05, 0.1) is 0 Å². The minimum absolute atomic E-state index is 1.01. The van der Waals surface area contributed by atoms with Crippen LogP contribution in [0.3, 0.4) is 0 Å². The molecule has 174 valence electrons. The summed E-state index contributed by atoms with van der Waals surface area (Å²) in [6.45, 7) is 6.76. The first kappa shape index (κ1) is 31.6. The topological polar surface area (TPSA) is 0 Å². The Bertz CT molecular complexity index is 325. The van der Waals surface area contributed by atoms with E-state index in [2.05, 4.69) is 70.9 Å². The molecule has 0 unspecified atom stereocenters. The van der Waals surface area contributed by atoms with Crippen molar-refractivity contribution in [3.05, 3.63) is 23.8 Å². The lowest BCUT2D eigenvalue weighted by atomic mass is 10.0. The summed E-state index contributed by atoms with van der Waals surface area (Å²) in [5.74, 6) is 0. The summed E-state index contributed by atoms with van der Waals surface area (Å²) in [4.78, 5) is 0. The Kier molecular flexibility index (Phi) is 33.4. The molecule has 0 aromatic carbocycles. The van der Waals surface area contributed by atoms with Gasteiger partial charge in [-0.2, -0.15) is 0 Å². The normalized spacial score (nSPS) is 10.8. The van der Waals surface area contributed by atoms with Crippen molar-refractivity contribution < 1.29 is 0 Å². The standard InChI is InChI=1S/C18H35Br.C9H17Br/c1-2-3-4-5-6-7-8-9-10-11-12-13-14-15-16-17-18-19;1-3-5-9(6-4-2)7-8-10/h16-17H,2-15,18H2,1H3;7H,3-6,8H2,1-2H3/b17-16+;. The molecular formula is C27H52Br2. The summed E-state index contributed by atoms with van der Waals surface area (Å²) in [7, 11) is 0. The van der Waals surface area contributed by atoms with Gasteiger partial charge in [-0.05, 0) is 25.7 Å². The van der Waals surface area contributed by atoms with Crippen LogP contribution >= 0.6 is 31.9 Å². The van der Waals surface area contributed by atoms with Gasteiger partial charge in [0.1, 0.15) is 0 Å². The van der Waals surface area contributed by atoms with Crippen molar-refractivity contribution in [2.45, 2.75) is 136 Å². The lowest BCUT2D eigenvalue weighted by Gasteiger charge is -2.02.